The van der Waals surface area contributed by atoms with Crippen molar-refractivity contribution in [3.05, 3.63) is 63.5 Å². The molecular formula is C18H12F3N3OS2. The number of alkyl halides is 3. The molecule has 0 radical (unpaired) electrons. The first-order valence-electron chi connectivity index (χ1n) is 7.80. The fraction of sp³-hybridized carbons (Fsp3) is 0.111. The maximum Gasteiger partial charge on any atom is 0.416 e. The van der Waals surface area contributed by atoms with Crippen LogP contribution in [-0.4, -0.2) is 22.5 Å². The Morgan fingerprint density at radius 1 is 1.15 bits per heavy atom. The summed E-state index contributed by atoms with van der Waals surface area (Å²) in [6.45, 7) is -0.0661. The van der Waals surface area contributed by atoms with E-state index in [2.05, 4.69) is 4.98 Å². The number of thiophene rings is 1. The molecule has 4 rings (SSSR count). The van der Waals surface area contributed by atoms with Crippen LogP contribution in [0.4, 0.5) is 18.9 Å². The lowest BCUT2D eigenvalue weighted by Crippen LogP contribution is -2.26. The van der Waals surface area contributed by atoms with Gasteiger partial charge in [0.05, 0.1) is 28.3 Å². The van der Waals surface area contributed by atoms with Crippen LogP contribution in [-0.2, 0) is 6.18 Å². The van der Waals surface area contributed by atoms with Crippen LogP contribution < -0.4 is 4.90 Å². The van der Waals surface area contributed by atoms with Crippen LogP contribution in [0, 0.1) is 5.41 Å². The van der Waals surface area contributed by atoms with Crippen molar-refractivity contribution in [2.45, 2.75) is 6.18 Å². The zero-order valence-corrected chi connectivity index (χ0v) is 15.3. The van der Waals surface area contributed by atoms with Gasteiger partial charge in [0.1, 0.15) is 16.6 Å². The highest BCUT2D eigenvalue weighted by atomic mass is 32.1. The minimum Gasteiger partial charge on any atom is -0.510 e. The Hall–Kier alpha value is -2.65. The fourth-order valence-electron chi connectivity index (χ4n) is 2.80. The molecule has 138 valence electrons. The van der Waals surface area contributed by atoms with Crippen LogP contribution in [0.1, 0.15) is 10.6 Å². The zero-order valence-electron chi connectivity index (χ0n) is 13.6. The molecule has 3 heterocycles. The summed E-state index contributed by atoms with van der Waals surface area (Å²) < 4.78 is 38.9. The summed E-state index contributed by atoms with van der Waals surface area (Å²) in [6.07, 6.45) is -4.47. The van der Waals surface area contributed by atoms with Gasteiger partial charge in [-0.25, -0.2) is 4.98 Å². The maximum atomic E-state index is 13.0. The minimum atomic E-state index is -4.47. The molecule has 27 heavy (non-hydrogen) atoms. The third-order valence-electron chi connectivity index (χ3n) is 4.08. The number of rotatable bonds is 3. The molecule has 0 amide bonds. The number of anilines is 1. The Kier molecular flexibility index (Phi) is 4.27. The summed E-state index contributed by atoms with van der Waals surface area (Å²) in [5.74, 6) is -0.150. The summed E-state index contributed by atoms with van der Waals surface area (Å²) in [5, 5.41) is 23.0. The standard InChI is InChI=1S/C18H12F3N3OS2/c19-18(20,21)10-3-1-4-11(7-10)24-8-13(25)15(16(24)22)17-23-12(9-27-17)14-5-2-6-26-14/h1-7,9,22,25H,8H2. The van der Waals surface area contributed by atoms with E-state index in [0.717, 1.165) is 22.7 Å². The molecule has 3 aromatic rings. The molecule has 0 saturated carbocycles. The predicted molar refractivity (Wildman–Crippen MR) is 101 cm³/mol. The SMILES string of the molecule is N=C1C(c2nc(-c3cccs3)cs2)=C(O)CN1c1cccc(C(F)(F)F)c1. The minimum absolute atomic E-state index is 0.0661. The number of benzene rings is 1. The first kappa shape index (κ1) is 17.7. The Balaban J connectivity index is 1.64. The average Bonchev–Trinajstić information content (AvgIpc) is 3.34. The van der Waals surface area contributed by atoms with Crippen molar-refractivity contribution in [3.63, 3.8) is 0 Å². The van der Waals surface area contributed by atoms with E-state index in [1.54, 1.807) is 0 Å². The van der Waals surface area contributed by atoms with Crippen LogP contribution in [0.3, 0.4) is 0 Å². The summed E-state index contributed by atoms with van der Waals surface area (Å²) in [7, 11) is 0. The molecule has 2 N–H and O–H groups in total. The largest absolute Gasteiger partial charge is 0.510 e. The van der Waals surface area contributed by atoms with Crippen LogP contribution in [0.2, 0.25) is 0 Å². The number of aliphatic hydroxyl groups excluding tert-OH is 1. The van der Waals surface area contributed by atoms with Crippen LogP contribution in [0.15, 0.2) is 52.9 Å². The first-order chi connectivity index (χ1) is 12.8. The van der Waals surface area contributed by atoms with Crippen molar-refractivity contribution < 1.29 is 18.3 Å². The fourth-order valence-corrected chi connectivity index (χ4v) is 4.45. The highest BCUT2D eigenvalue weighted by Gasteiger charge is 2.34. The molecule has 0 bridgehead atoms. The van der Waals surface area contributed by atoms with Gasteiger partial charge in [-0.05, 0) is 29.6 Å². The number of aliphatic hydroxyl groups is 1. The van der Waals surface area contributed by atoms with E-state index < -0.39 is 11.7 Å². The summed E-state index contributed by atoms with van der Waals surface area (Å²) in [4.78, 5) is 6.79. The Bertz CT molecular complexity index is 1040. The topological polar surface area (TPSA) is 60.2 Å². The normalized spacial score (nSPS) is 15.1. The molecule has 4 nitrogen and oxygen atoms in total. The van der Waals surface area contributed by atoms with E-state index in [-0.39, 0.29) is 29.4 Å². The van der Waals surface area contributed by atoms with E-state index in [0.29, 0.717) is 5.01 Å². The van der Waals surface area contributed by atoms with Crippen molar-refractivity contribution in [1.29, 1.82) is 5.41 Å². The number of hydrogen-bond donors (Lipinski definition) is 2. The van der Waals surface area contributed by atoms with Gasteiger partial charge in [-0.3, -0.25) is 5.41 Å². The molecule has 0 spiro atoms. The number of hydrogen-bond acceptors (Lipinski definition) is 5. The van der Waals surface area contributed by atoms with Gasteiger partial charge in [0, 0.05) is 11.1 Å². The Morgan fingerprint density at radius 3 is 2.67 bits per heavy atom. The van der Waals surface area contributed by atoms with Crippen LogP contribution >= 0.6 is 22.7 Å². The van der Waals surface area contributed by atoms with Crippen molar-refractivity contribution >= 4 is 39.8 Å². The quantitative estimate of drug-likeness (QED) is 0.589. The molecule has 1 aliphatic heterocycles. The van der Waals surface area contributed by atoms with Gasteiger partial charge >= 0.3 is 6.18 Å². The molecule has 0 saturated heterocycles. The van der Waals surface area contributed by atoms with Crippen molar-refractivity contribution in [2.75, 3.05) is 11.4 Å². The first-order valence-corrected chi connectivity index (χ1v) is 9.56. The third kappa shape index (κ3) is 3.24. The molecular weight excluding hydrogens is 395 g/mol. The van der Waals surface area contributed by atoms with E-state index >= 15 is 0 Å². The van der Waals surface area contributed by atoms with E-state index in [1.807, 2.05) is 22.9 Å². The highest BCUT2D eigenvalue weighted by Crippen LogP contribution is 2.37. The maximum absolute atomic E-state index is 13.0. The molecule has 0 atom stereocenters. The second-order valence-corrected chi connectivity index (χ2v) is 7.63. The lowest BCUT2D eigenvalue weighted by molar-refractivity contribution is -0.137. The number of nitrogens with zero attached hydrogens (tertiary/aromatic N) is 2. The van der Waals surface area contributed by atoms with Crippen molar-refractivity contribution in [1.82, 2.24) is 4.98 Å². The van der Waals surface area contributed by atoms with Crippen LogP contribution in [0.5, 0.6) is 0 Å². The molecule has 0 unspecified atom stereocenters. The van der Waals surface area contributed by atoms with Crippen molar-refractivity contribution in [2.24, 2.45) is 0 Å². The van der Waals surface area contributed by atoms with Gasteiger partial charge in [0.15, 0.2) is 0 Å². The molecule has 0 fully saturated rings. The lowest BCUT2D eigenvalue weighted by Gasteiger charge is -2.20. The Morgan fingerprint density at radius 2 is 1.96 bits per heavy atom. The van der Waals surface area contributed by atoms with E-state index in [9.17, 15) is 18.3 Å². The average molecular weight is 407 g/mol. The lowest BCUT2D eigenvalue weighted by atomic mass is 10.2. The Labute approximate surface area is 160 Å². The predicted octanol–water partition coefficient (Wildman–Crippen LogP) is 5.66. The van der Waals surface area contributed by atoms with Crippen LogP contribution in [0.25, 0.3) is 16.1 Å². The van der Waals surface area contributed by atoms with Gasteiger partial charge in [0.2, 0.25) is 0 Å². The van der Waals surface area contributed by atoms with Gasteiger partial charge in [-0.2, -0.15) is 13.2 Å². The smallest absolute Gasteiger partial charge is 0.416 e. The molecule has 0 aliphatic carbocycles. The monoisotopic (exact) mass is 407 g/mol. The number of thiazole rings is 1. The van der Waals surface area contributed by atoms with Crippen molar-refractivity contribution in [3.8, 4) is 10.6 Å². The van der Waals surface area contributed by atoms with Gasteiger partial charge < -0.3 is 10.0 Å². The van der Waals surface area contributed by atoms with Gasteiger partial charge in [-0.15, -0.1) is 22.7 Å². The number of amidine groups is 1. The molecule has 1 aromatic carbocycles. The highest BCUT2D eigenvalue weighted by molar-refractivity contribution is 7.14. The number of halogens is 3. The summed E-state index contributed by atoms with van der Waals surface area (Å²) in [6, 6.07) is 8.56. The molecule has 2 aromatic heterocycles. The third-order valence-corrected chi connectivity index (χ3v) is 5.83. The van der Waals surface area contributed by atoms with Gasteiger partial charge in [0.25, 0.3) is 0 Å². The number of aromatic nitrogens is 1. The zero-order chi connectivity index (χ0) is 19.2. The second-order valence-electron chi connectivity index (χ2n) is 5.82. The summed E-state index contributed by atoms with van der Waals surface area (Å²) in [5.41, 5.74) is 0.400. The molecule has 1 aliphatic rings. The number of nitrogens with one attached hydrogen (secondary N) is 1. The summed E-state index contributed by atoms with van der Waals surface area (Å²) >= 11 is 2.82. The molecule has 9 heteroatoms. The second kappa shape index (κ2) is 6.50. The van der Waals surface area contributed by atoms with E-state index in [1.165, 1.54) is 39.7 Å². The van der Waals surface area contributed by atoms with E-state index in [4.69, 9.17) is 5.41 Å². The van der Waals surface area contributed by atoms with Gasteiger partial charge in [-0.1, -0.05) is 12.1 Å².